The van der Waals surface area contributed by atoms with Gasteiger partial charge in [0.25, 0.3) is 0 Å². The number of aromatic nitrogens is 2. The van der Waals surface area contributed by atoms with Crippen LogP contribution in [0, 0.1) is 18.6 Å². The molecule has 1 aliphatic carbocycles. The molecule has 2 N–H and O–H groups in total. The lowest BCUT2D eigenvalue weighted by Gasteiger charge is -2.18. The summed E-state index contributed by atoms with van der Waals surface area (Å²) in [6.07, 6.45) is 3.90. The molecule has 1 aliphatic rings. The molecule has 1 fully saturated rings. The van der Waals surface area contributed by atoms with Gasteiger partial charge in [-0.15, -0.1) is 0 Å². The Bertz CT molecular complexity index is 1230. The van der Waals surface area contributed by atoms with Gasteiger partial charge in [0.1, 0.15) is 11.6 Å². The van der Waals surface area contributed by atoms with E-state index in [4.69, 9.17) is 0 Å². The average Bonchev–Trinajstić information content (AvgIpc) is 3.36. The lowest BCUT2D eigenvalue weighted by atomic mass is 9.93. The van der Waals surface area contributed by atoms with Gasteiger partial charge >= 0.3 is 5.97 Å². The molecule has 0 atom stereocenters. The second kappa shape index (κ2) is 7.85. The van der Waals surface area contributed by atoms with Crippen LogP contribution in [0.25, 0.3) is 11.1 Å². The van der Waals surface area contributed by atoms with Gasteiger partial charge in [-0.1, -0.05) is 12.1 Å². The maximum atomic E-state index is 15.0. The summed E-state index contributed by atoms with van der Waals surface area (Å²) in [5.74, 6) is -3.09. The van der Waals surface area contributed by atoms with Crippen molar-refractivity contribution in [3.63, 3.8) is 0 Å². The van der Waals surface area contributed by atoms with Gasteiger partial charge in [-0.2, -0.15) is 5.10 Å². The number of carboxylic acid groups (broad SMARTS) is 1. The number of benzene rings is 2. The van der Waals surface area contributed by atoms with Crippen molar-refractivity contribution in [1.82, 2.24) is 9.78 Å². The average molecular weight is 439 g/mol. The Morgan fingerprint density at radius 1 is 1.16 bits per heavy atom. The summed E-state index contributed by atoms with van der Waals surface area (Å²) in [5, 5.41) is 16.4. The normalized spacial score (nSPS) is 14.4. The van der Waals surface area contributed by atoms with Crippen molar-refractivity contribution >= 4 is 17.6 Å². The van der Waals surface area contributed by atoms with Crippen molar-refractivity contribution < 1.29 is 23.5 Å². The summed E-state index contributed by atoms with van der Waals surface area (Å²) in [7, 11) is 0. The molecule has 1 heterocycles. The quantitative estimate of drug-likeness (QED) is 0.561. The minimum atomic E-state index is -1.34. The second-order valence-corrected chi connectivity index (χ2v) is 8.51. The first kappa shape index (κ1) is 21.7. The third-order valence-electron chi connectivity index (χ3n) is 5.82. The van der Waals surface area contributed by atoms with E-state index in [9.17, 15) is 19.1 Å². The molecule has 6 nitrogen and oxygen atoms in total. The number of amides is 1. The number of nitrogens with one attached hydrogen (secondary N) is 1. The Morgan fingerprint density at radius 2 is 1.88 bits per heavy atom. The van der Waals surface area contributed by atoms with E-state index < -0.39 is 28.9 Å². The molecule has 8 heteroatoms. The van der Waals surface area contributed by atoms with E-state index in [1.807, 2.05) is 13.8 Å². The third kappa shape index (κ3) is 3.77. The lowest BCUT2D eigenvalue weighted by molar-refractivity contribution is -0.118. The fourth-order valence-electron chi connectivity index (χ4n) is 3.89. The Hall–Kier alpha value is -3.55. The summed E-state index contributed by atoms with van der Waals surface area (Å²) in [6, 6.07) is 7.02. The first-order chi connectivity index (χ1) is 15.1. The second-order valence-electron chi connectivity index (χ2n) is 8.51. The molecule has 0 aliphatic heterocycles. The highest BCUT2D eigenvalue weighted by Gasteiger charge is 2.52. The Labute approximate surface area is 183 Å². The van der Waals surface area contributed by atoms with Gasteiger partial charge in [0.05, 0.1) is 17.2 Å². The molecule has 3 aromatic rings. The number of rotatable bonds is 6. The van der Waals surface area contributed by atoms with Crippen LogP contribution in [0.5, 0.6) is 0 Å². The zero-order valence-corrected chi connectivity index (χ0v) is 17.9. The van der Waals surface area contributed by atoms with E-state index in [2.05, 4.69) is 10.4 Å². The predicted molar refractivity (Wildman–Crippen MR) is 116 cm³/mol. The van der Waals surface area contributed by atoms with Crippen LogP contribution in [0.3, 0.4) is 0 Å². The maximum absolute atomic E-state index is 15.0. The van der Waals surface area contributed by atoms with Crippen LogP contribution in [0.2, 0.25) is 0 Å². The van der Waals surface area contributed by atoms with E-state index in [1.165, 1.54) is 18.3 Å². The van der Waals surface area contributed by atoms with Crippen molar-refractivity contribution in [1.29, 1.82) is 0 Å². The van der Waals surface area contributed by atoms with Gasteiger partial charge in [0.15, 0.2) is 0 Å². The number of carbonyl (C=O) groups excluding carboxylic acids is 1. The number of aryl methyl sites for hydroxylation is 1. The molecule has 0 spiro atoms. The number of carboxylic acids is 1. The van der Waals surface area contributed by atoms with E-state index in [0.717, 1.165) is 11.6 Å². The van der Waals surface area contributed by atoms with Crippen molar-refractivity contribution in [2.45, 2.75) is 45.1 Å². The van der Waals surface area contributed by atoms with E-state index in [1.54, 1.807) is 29.9 Å². The summed E-state index contributed by atoms with van der Waals surface area (Å²) < 4.78 is 31.1. The van der Waals surface area contributed by atoms with E-state index >= 15 is 4.39 Å². The summed E-state index contributed by atoms with van der Waals surface area (Å²) >= 11 is 0. The van der Waals surface area contributed by atoms with Crippen LogP contribution < -0.4 is 5.32 Å². The molecule has 32 heavy (non-hydrogen) atoms. The highest BCUT2D eigenvalue weighted by Crippen LogP contribution is 2.50. The molecule has 1 amide bonds. The van der Waals surface area contributed by atoms with Gasteiger partial charge in [-0.3, -0.25) is 9.48 Å². The van der Waals surface area contributed by atoms with Gasteiger partial charge in [-0.25, -0.2) is 13.6 Å². The zero-order chi connectivity index (χ0) is 23.2. The monoisotopic (exact) mass is 439 g/mol. The highest BCUT2D eigenvalue weighted by atomic mass is 19.1. The number of anilines is 1. The molecule has 166 valence electrons. The number of halogens is 2. The number of carbonyl (C=O) groups is 2. The standard InChI is InChI=1S/C24H23F2N3O3/c1-13(2)29-12-15(11-27-29)21-17(22(30)31)9-16(10-20(21)26)28-23(32)24(6-7-24)18-5-4-14(3)8-19(18)25/h4-5,8-13H,6-7H2,1-3H3,(H,28,32)(H,30,31). The molecular formula is C24H23F2N3O3. The van der Waals surface area contributed by atoms with Gasteiger partial charge in [0.2, 0.25) is 5.91 Å². The minimum Gasteiger partial charge on any atom is -0.478 e. The molecule has 0 saturated heterocycles. The molecule has 4 rings (SSSR count). The SMILES string of the molecule is Cc1ccc(C2(C(=O)Nc3cc(F)c(-c4cnn(C(C)C)c4)c(C(=O)O)c3)CC2)c(F)c1. The largest absolute Gasteiger partial charge is 0.478 e. The lowest BCUT2D eigenvalue weighted by Crippen LogP contribution is -2.29. The number of aromatic carboxylic acids is 1. The minimum absolute atomic E-state index is 0.00342. The van der Waals surface area contributed by atoms with Crippen molar-refractivity contribution in [2.75, 3.05) is 5.32 Å². The van der Waals surface area contributed by atoms with Crippen molar-refractivity contribution in [3.05, 3.63) is 71.1 Å². The van der Waals surface area contributed by atoms with E-state index in [0.29, 0.717) is 18.4 Å². The van der Waals surface area contributed by atoms with Crippen LogP contribution in [0.15, 0.2) is 42.7 Å². The molecule has 2 aromatic carbocycles. The summed E-state index contributed by atoms with van der Waals surface area (Å²) in [4.78, 5) is 24.9. The number of hydrogen-bond donors (Lipinski definition) is 2. The Morgan fingerprint density at radius 3 is 2.44 bits per heavy atom. The highest BCUT2D eigenvalue weighted by molar-refractivity contribution is 6.03. The van der Waals surface area contributed by atoms with Crippen LogP contribution in [-0.2, 0) is 10.2 Å². The van der Waals surface area contributed by atoms with Crippen LogP contribution >= 0.6 is 0 Å². The molecule has 0 bridgehead atoms. The van der Waals surface area contributed by atoms with Crippen LogP contribution in [-0.4, -0.2) is 26.8 Å². The summed E-state index contributed by atoms with van der Waals surface area (Å²) in [5.41, 5.74) is -0.0720. The van der Waals surface area contributed by atoms with Gasteiger partial charge in [-0.05, 0) is 57.4 Å². The van der Waals surface area contributed by atoms with Gasteiger partial charge < -0.3 is 10.4 Å². The molecule has 0 unspecified atom stereocenters. The first-order valence-corrected chi connectivity index (χ1v) is 10.3. The smallest absolute Gasteiger partial charge is 0.336 e. The molecule has 0 radical (unpaired) electrons. The Kier molecular flexibility index (Phi) is 5.32. The molecule has 1 saturated carbocycles. The van der Waals surface area contributed by atoms with E-state index in [-0.39, 0.29) is 28.4 Å². The zero-order valence-electron chi connectivity index (χ0n) is 17.9. The van der Waals surface area contributed by atoms with Crippen molar-refractivity contribution in [2.24, 2.45) is 0 Å². The number of hydrogen-bond acceptors (Lipinski definition) is 3. The van der Waals surface area contributed by atoms with Crippen LogP contribution in [0.4, 0.5) is 14.5 Å². The predicted octanol–water partition coefficient (Wildman–Crippen LogP) is 5.09. The van der Waals surface area contributed by atoms with Gasteiger partial charge in [0, 0.05) is 34.6 Å². The fourth-order valence-corrected chi connectivity index (χ4v) is 3.89. The molecular weight excluding hydrogens is 416 g/mol. The third-order valence-corrected chi connectivity index (χ3v) is 5.82. The Balaban J connectivity index is 1.67. The summed E-state index contributed by atoms with van der Waals surface area (Å²) in [6.45, 7) is 5.55. The van der Waals surface area contributed by atoms with Crippen molar-refractivity contribution in [3.8, 4) is 11.1 Å². The maximum Gasteiger partial charge on any atom is 0.336 e. The topological polar surface area (TPSA) is 84.2 Å². The van der Waals surface area contributed by atoms with Crippen LogP contribution in [0.1, 0.15) is 54.2 Å². The fraction of sp³-hybridized carbons (Fsp3) is 0.292. The number of nitrogens with zero attached hydrogens (tertiary/aromatic N) is 2. The first-order valence-electron chi connectivity index (χ1n) is 10.3. The molecule has 1 aromatic heterocycles.